The standard InChI is InChI=1S/C10H21N3O2/c1-3-8(9(11)12-15)13-6-4-10(2,14)5-7-13/h8,14-15H,3-7H2,1-2H3,(H2,11,12). The van der Waals surface area contributed by atoms with Crippen LogP contribution in [0.15, 0.2) is 5.16 Å². The third-order valence-corrected chi connectivity index (χ3v) is 3.16. The zero-order valence-corrected chi connectivity index (χ0v) is 9.48. The third-order valence-electron chi connectivity index (χ3n) is 3.16. The maximum Gasteiger partial charge on any atom is 0.156 e. The van der Waals surface area contributed by atoms with Gasteiger partial charge in [0, 0.05) is 13.1 Å². The van der Waals surface area contributed by atoms with Gasteiger partial charge in [-0.15, -0.1) is 0 Å². The van der Waals surface area contributed by atoms with E-state index in [4.69, 9.17) is 10.9 Å². The molecule has 1 heterocycles. The summed E-state index contributed by atoms with van der Waals surface area (Å²) in [4.78, 5) is 2.16. The number of aliphatic hydroxyl groups is 1. The van der Waals surface area contributed by atoms with Crippen LogP contribution in [0.2, 0.25) is 0 Å². The normalized spacial score (nSPS) is 25.1. The van der Waals surface area contributed by atoms with E-state index >= 15 is 0 Å². The van der Waals surface area contributed by atoms with Crippen molar-refractivity contribution in [1.29, 1.82) is 0 Å². The minimum atomic E-state index is -0.556. The average molecular weight is 215 g/mol. The van der Waals surface area contributed by atoms with Gasteiger partial charge in [-0.2, -0.15) is 0 Å². The van der Waals surface area contributed by atoms with Crippen molar-refractivity contribution in [2.75, 3.05) is 13.1 Å². The predicted molar refractivity (Wildman–Crippen MR) is 58.9 cm³/mol. The van der Waals surface area contributed by atoms with E-state index in [9.17, 15) is 5.11 Å². The lowest BCUT2D eigenvalue weighted by molar-refractivity contribution is -0.0105. The van der Waals surface area contributed by atoms with E-state index in [1.807, 2.05) is 13.8 Å². The SMILES string of the molecule is CCC(C(N)=NO)N1CCC(C)(O)CC1. The van der Waals surface area contributed by atoms with Gasteiger partial charge >= 0.3 is 0 Å². The lowest BCUT2D eigenvalue weighted by Crippen LogP contribution is -2.51. The van der Waals surface area contributed by atoms with Gasteiger partial charge in [-0.1, -0.05) is 12.1 Å². The summed E-state index contributed by atoms with van der Waals surface area (Å²) in [7, 11) is 0. The van der Waals surface area contributed by atoms with Crippen molar-refractivity contribution in [3.8, 4) is 0 Å². The van der Waals surface area contributed by atoms with E-state index in [1.165, 1.54) is 0 Å². The maximum absolute atomic E-state index is 9.80. The molecule has 0 aromatic carbocycles. The third kappa shape index (κ3) is 3.07. The highest BCUT2D eigenvalue weighted by molar-refractivity contribution is 5.85. The fraction of sp³-hybridized carbons (Fsp3) is 0.900. The molecule has 1 aliphatic heterocycles. The minimum Gasteiger partial charge on any atom is -0.409 e. The summed E-state index contributed by atoms with van der Waals surface area (Å²) in [6, 6.07) is -0.00824. The smallest absolute Gasteiger partial charge is 0.156 e. The van der Waals surface area contributed by atoms with Gasteiger partial charge in [-0.05, 0) is 26.2 Å². The summed E-state index contributed by atoms with van der Waals surface area (Å²) in [5.74, 6) is 0.263. The highest BCUT2D eigenvalue weighted by atomic mass is 16.4. The number of likely N-dealkylation sites (tertiary alicyclic amines) is 1. The minimum absolute atomic E-state index is 0.00824. The number of nitrogens with two attached hydrogens (primary N) is 1. The summed E-state index contributed by atoms with van der Waals surface area (Å²) in [6.07, 6.45) is 2.29. The van der Waals surface area contributed by atoms with Crippen molar-refractivity contribution in [2.24, 2.45) is 10.9 Å². The molecule has 88 valence electrons. The number of hydrogen-bond acceptors (Lipinski definition) is 4. The molecule has 5 heteroatoms. The van der Waals surface area contributed by atoms with Gasteiger partial charge in [0.2, 0.25) is 0 Å². The molecule has 0 aromatic heterocycles. The number of hydrogen-bond donors (Lipinski definition) is 3. The molecular weight excluding hydrogens is 194 g/mol. The second kappa shape index (κ2) is 4.81. The first-order valence-corrected chi connectivity index (χ1v) is 5.44. The van der Waals surface area contributed by atoms with E-state index in [-0.39, 0.29) is 11.9 Å². The molecule has 1 rings (SSSR count). The van der Waals surface area contributed by atoms with Gasteiger partial charge < -0.3 is 16.0 Å². The van der Waals surface area contributed by atoms with Crippen LogP contribution in [0, 0.1) is 0 Å². The highest BCUT2D eigenvalue weighted by Gasteiger charge is 2.31. The number of oxime groups is 1. The monoisotopic (exact) mass is 215 g/mol. The lowest BCUT2D eigenvalue weighted by atomic mass is 9.92. The van der Waals surface area contributed by atoms with Crippen LogP contribution < -0.4 is 5.73 Å². The first-order valence-electron chi connectivity index (χ1n) is 5.44. The molecule has 0 bridgehead atoms. The maximum atomic E-state index is 9.80. The first kappa shape index (κ1) is 12.3. The summed E-state index contributed by atoms with van der Waals surface area (Å²) >= 11 is 0. The molecule has 0 aromatic rings. The molecule has 4 N–H and O–H groups in total. The zero-order chi connectivity index (χ0) is 11.5. The van der Waals surface area contributed by atoms with Crippen LogP contribution in [-0.2, 0) is 0 Å². The molecule has 0 radical (unpaired) electrons. The molecule has 1 atom stereocenters. The number of amidine groups is 1. The van der Waals surface area contributed by atoms with Crippen LogP contribution >= 0.6 is 0 Å². The van der Waals surface area contributed by atoms with Gasteiger partial charge in [0.25, 0.3) is 0 Å². The van der Waals surface area contributed by atoms with E-state index < -0.39 is 5.60 Å². The molecule has 1 unspecified atom stereocenters. The predicted octanol–water partition coefficient (Wildman–Crippen LogP) is 0.358. The zero-order valence-electron chi connectivity index (χ0n) is 9.48. The Labute approximate surface area is 90.6 Å². The van der Waals surface area contributed by atoms with E-state index in [1.54, 1.807) is 0 Å². The quantitative estimate of drug-likeness (QED) is 0.275. The Kier molecular flexibility index (Phi) is 3.93. The Morgan fingerprint density at radius 1 is 1.53 bits per heavy atom. The second-order valence-electron chi connectivity index (χ2n) is 4.48. The van der Waals surface area contributed by atoms with Gasteiger partial charge in [0.1, 0.15) is 0 Å². The summed E-state index contributed by atoms with van der Waals surface area (Å²) in [5.41, 5.74) is 5.07. The van der Waals surface area contributed by atoms with Crippen LogP contribution in [0.25, 0.3) is 0 Å². The summed E-state index contributed by atoms with van der Waals surface area (Å²) in [5, 5.41) is 21.5. The Balaban J connectivity index is 2.58. The van der Waals surface area contributed by atoms with Crippen LogP contribution in [0.3, 0.4) is 0 Å². The van der Waals surface area contributed by atoms with Crippen molar-refractivity contribution >= 4 is 5.84 Å². The van der Waals surface area contributed by atoms with E-state index in [2.05, 4.69) is 10.1 Å². The van der Waals surface area contributed by atoms with Gasteiger partial charge in [0.05, 0.1) is 11.6 Å². The molecule has 15 heavy (non-hydrogen) atoms. The van der Waals surface area contributed by atoms with Crippen molar-refractivity contribution in [3.05, 3.63) is 0 Å². The molecule has 0 spiro atoms. The van der Waals surface area contributed by atoms with E-state index in [0.717, 1.165) is 32.4 Å². The van der Waals surface area contributed by atoms with Crippen LogP contribution in [0.5, 0.6) is 0 Å². The number of piperidine rings is 1. The van der Waals surface area contributed by atoms with Crippen molar-refractivity contribution in [3.63, 3.8) is 0 Å². The molecule has 0 amide bonds. The van der Waals surface area contributed by atoms with Crippen LogP contribution in [-0.4, -0.2) is 45.8 Å². The van der Waals surface area contributed by atoms with E-state index in [0.29, 0.717) is 0 Å². The fourth-order valence-electron chi connectivity index (χ4n) is 2.04. The Morgan fingerprint density at radius 2 is 2.07 bits per heavy atom. The average Bonchev–Trinajstić information content (AvgIpc) is 2.21. The lowest BCUT2D eigenvalue weighted by Gasteiger charge is -2.39. The largest absolute Gasteiger partial charge is 0.409 e. The molecule has 0 saturated carbocycles. The van der Waals surface area contributed by atoms with Crippen LogP contribution in [0.4, 0.5) is 0 Å². The summed E-state index contributed by atoms with van der Waals surface area (Å²) in [6.45, 7) is 5.45. The Morgan fingerprint density at radius 3 is 2.47 bits per heavy atom. The van der Waals surface area contributed by atoms with Crippen molar-refractivity contribution < 1.29 is 10.3 Å². The van der Waals surface area contributed by atoms with Crippen molar-refractivity contribution in [2.45, 2.75) is 44.8 Å². The second-order valence-corrected chi connectivity index (χ2v) is 4.48. The number of nitrogens with zero attached hydrogens (tertiary/aromatic N) is 2. The fourth-order valence-corrected chi connectivity index (χ4v) is 2.04. The molecule has 1 saturated heterocycles. The van der Waals surface area contributed by atoms with Gasteiger partial charge in [-0.25, -0.2) is 0 Å². The molecule has 1 fully saturated rings. The molecule has 5 nitrogen and oxygen atoms in total. The molecule has 0 aliphatic carbocycles. The van der Waals surface area contributed by atoms with Gasteiger partial charge in [0.15, 0.2) is 5.84 Å². The van der Waals surface area contributed by atoms with Gasteiger partial charge in [-0.3, -0.25) is 4.90 Å². The summed E-state index contributed by atoms with van der Waals surface area (Å²) < 4.78 is 0. The highest BCUT2D eigenvalue weighted by Crippen LogP contribution is 2.23. The molecular formula is C10H21N3O2. The van der Waals surface area contributed by atoms with Crippen molar-refractivity contribution in [1.82, 2.24) is 4.90 Å². The Bertz CT molecular complexity index is 231. The molecule has 1 aliphatic rings. The van der Waals surface area contributed by atoms with Crippen LogP contribution in [0.1, 0.15) is 33.1 Å². The topological polar surface area (TPSA) is 82.1 Å². The number of rotatable bonds is 3. The Hall–Kier alpha value is -0.810. The first-order chi connectivity index (χ1) is 7.00.